The minimum Gasteiger partial charge on any atom is -0.481 e. The highest BCUT2D eigenvalue weighted by Crippen LogP contribution is 2.45. The van der Waals surface area contributed by atoms with Crippen LogP contribution in [0.25, 0.3) is 0 Å². The molecule has 1 aliphatic rings. The molecule has 26 heavy (non-hydrogen) atoms. The van der Waals surface area contributed by atoms with Crippen LogP contribution in [-0.2, 0) is 10.2 Å². The van der Waals surface area contributed by atoms with Gasteiger partial charge in [0.15, 0.2) is 0 Å². The van der Waals surface area contributed by atoms with Gasteiger partial charge in [0, 0.05) is 17.7 Å². The van der Waals surface area contributed by atoms with Crippen LogP contribution >= 0.6 is 11.6 Å². The van der Waals surface area contributed by atoms with Crippen LogP contribution in [-0.4, -0.2) is 27.7 Å². The summed E-state index contributed by atoms with van der Waals surface area (Å²) in [6, 6.07) is 8.57. The number of hydrogen-bond acceptors (Lipinski definition) is 2. The maximum atomic E-state index is 10.5. The smallest absolute Gasteiger partial charge is 0.303 e. The van der Waals surface area contributed by atoms with Crippen molar-refractivity contribution in [1.82, 2.24) is 0 Å². The Kier molecular flexibility index (Phi) is 7.31. The molecule has 0 aliphatic heterocycles. The summed E-state index contributed by atoms with van der Waals surface area (Å²) in [5, 5.41) is 19.2. The van der Waals surface area contributed by atoms with Crippen molar-refractivity contribution >= 4 is 17.6 Å². The number of aliphatic hydroxyl groups excluding tert-OH is 1. The number of allylic oxidation sites excluding steroid dienone is 2. The first-order valence-electron chi connectivity index (χ1n) is 9.49. The zero-order valence-electron chi connectivity index (χ0n) is 16.0. The summed E-state index contributed by atoms with van der Waals surface area (Å²) in [5.74, 6) is -0.505. The molecule has 1 saturated carbocycles. The number of hydrogen-bond donors (Lipinski definition) is 2. The average molecular weight is 379 g/mol. The van der Waals surface area contributed by atoms with E-state index in [-0.39, 0.29) is 29.0 Å². The lowest BCUT2D eigenvalue weighted by molar-refractivity contribution is -0.137. The van der Waals surface area contributed by atoms with Crippen LogP contribution in [0.2, 0.25) is 0 Å². The number of benzene rings is 1. The molecule has 0 heterocycles. The fourth-order valence-corrected chi connectivity index (χ4v) is 4.22. The maximum absolute atomic E-state index is 10.5. The summed E-state index contributed by atoms with van der Waals surface area (Å²) in [6.45, 7) is 6.58. The molecule has 0 spiro atoms. The zero-order chi connectivity index (χ0) is 19.3. The number of unbranched alkanes of at least 4 members (excludes halogenated alkanes) is 1. The predicted molar refractivity (Wildman–Crippen MR) is 107 cm³/mol. The van der Waals surface area contributed by atoms with Gasteiger partial charge in [-0.15, -0.1) is 11.6 Å². The highest BCUT2D eigenvalue weighted by Gasteiger charge is 2.41. The maximum Gasteiger partial charge on any atom is 0.303 e. The van der Waals surface area contributed by atoms with Crippen molar-refractivity contribution < 1.29 is 15.0 Å². The average Bonchev–Trinajstić information content (AvgIpc) is 2.83. The molecule has 1 fully saturated rings. The molecule has 144 valence electrons. The van der Waals surface area contributed by atoms with Crippen LogP contribution in [0.5, 0.6) is 0 Å². The number of alkyl halides is 1. The van der Waals surface area contributed by atoms with Gasteiger partial charge in [-0.1, -0.05) is 57.2 Å². The van der Waals surface area contributed by atoms with Gasteiger partial charge in [-0.3, -0.25) is 4.79 Å². The molecule has 2 rings (SSSR count). The van der Waals surface area contributed by atoms with Gasteiger partial charge in [-0.25, -0.2) is 0 Å². The lowest BCUT2D eigenvalue weighted by Crippen LogP contribution is -2.19. The van der Waals surface area contributed by atoms with E-state index < -0.39 is 12.1 Å². The van der Waals surface area contributed by atoms with Crippen molar-refractivity contribution in [2.45, 2.75) is 75.7 Å². The minimum atomic E-state index is -0.753. The third kappa shape index (κ3) is 5.59. The third-order valence-corrected chi connectivity index (χ3v) is 5.81. The quantitative estimate of drug-likeness (QED) is 0.386. The molecular formula is C22H31ClO3. The topological polar surface area (TPSA) is 57.5 Å². The summed E-state index contributed by atoms with van der Waals surface area (Å²) >= 11 is 6.53. The fourth-order valence-electron chi connectivity index (χ4n) is 3.77. The van der Waals surface area contributed by atoms with Crippen LogP contribution in [0.4, 0.5) is 0 Å². The molecule has 0 saturated heterocycles. The van der Waals surface area contributed by atoms with Crippen molar-refractivity contribution in [3.63, 3.8) is 0 Å². The second-order valence-electron chi connectivity index (χ2n) is 8.37. The molecule has 4 heteroatoms. The summed E-state index contributed by atoms with van der Waals surface area (Å²) < 4.78 is 0. The molecule has 0 bridgehead atoms. The molecular weight excluding hydrogens is 348 g/mol. The van der Waals surface area contributed by atoms with Crippen LogP contribution in [0.1, 0.15) is 69.9 Å². The van der Waals surface area contributed by atoms with Gasteiger partial charge < -0.3 is 10.2 Å². The SMILES string of the molecule is CC(C)(C)c1ccc([C@@H]2[C@@H](C/C=C\CCCC(=O)O)[C@@H](Cl)C[C@H]2O)cc1. The number of rotatable bonds is 7. The first-order chi connectivity index (χ1) is 12.2. The van der Waals surface area contributed by atoms with Gasteiger partial charge in [0.25, 0.3) is 0 Å². The van der Waals surface area contributed by atoms with Crippen LogP contribution in [0.3, 0.4) is 0 Å². The second kappa shape index (κ2) is 9.05. The van der Waals surface area contributed by atoms with Gasteiger partial charge >= 0.3 is 5.97 Å². The Morgan fingerprint density at radius 3 is 2.46 bits per heavy atom. The number of carboxylic acids is 1. The fraction of sp³-hybridized carbons (Fsp3) is 0.591. The van der Waals surface area contributed by atoms with Crippen molar-refractivity contribution in [3.05, 3.63) is 47.5 Å². The van der Waals surface area contributed by atoms with E-state index in [0.717, 1.165) is 18.4 Å². The number of carboxylic acid groups (broad SMARTS) is 1. The minimum absolute atomic E-state index is 0.0408. The number of aliphatic carboxylic acids is 1. The number of halogens is 1. The highest BCUT2D eigenvalue weighted by molar-refractivity contribution is 6.21. The lowest BCUT2D eigenvalue weighted by atomic mass is 9.82. The Morgan fingerprint density at radius 2 is 1.88 bits per heavy atom. The normalized spacial score (nSPS) is 26.5. The van der Waals surface area contributed by atoms with E-state index in [1.165, 1.54) is 5.56 Å². The van der Waals surface area contributed by atoms with Crippen LogP contribution in [0, 0.1) is 5.92 Å². The lowest BCUT2D eigenvalue weighted by Gasteiger charge is -2.25. The molecule has 4 atom stereocenters. The van der Waals surface area contributed by atoms with Crippen molar-refractivity contribution in [3.8, 4) is 0 Å². The highest BCUT2D eigenvalue weighted by atomic mass is 35.5. The van der Waals surface area contributed by atoms with Gasteiger partial charge in [-0.05, 0) is 48.1 Å². The Hall–Kier alpha value is -1.32. The molecule has 0 aromatic heterocycles. The Labute approximate surface area is 162 Å². The first kappa shape index (κ1) is 21.0. The number of aliphatic hydroxyl groups is 1. The number of carbonyl (C=O) groups is 1. The molecule has 0 radical (unpaired) electrons. The van der Waals surface area contributed by atoms with Crippen LogP contribution in [0.15, 0.2) is 36.4 Å². The van der Waals surface area contributed by atoms with Gasteiger partial charge in [0.05, 0.1) is 6.10 Å². The van der Waals surface area contributed by atoms with Gasteiger partial charge in [-0.2, -0.15) is 0 Å². The molecule has 0 amide bonds. The summed E-state index contributed by atoms with van der Waals surface area (Å²) in [4.78, 5) is 10.5. The Balaban J connectivity index is 2.03. The van der Waals surface area contributed by atoms with Crippen molar-refractivity contribution in [2.24, 2.45) is 5.92 Å². The summed E-state index contributed by atoms with van der Waals surface area (Å²) in [5.41, 5.74) is 2.55. The van der Waals surface area contributed by atoms with E-state index in [9.17, 15) is 9.90 Å². The Bertz CT molecular complexity index is 615. The molecule has 1 aromatic rings. The zero-order valence-corrected chi connectivity index (χ0v) is 16.7. The second-order valence-corrected chi connectivity index (χ2v) is 8.93. The molecule has 2 N–H and O–H groups in total. The monoisotopic (exact) mass is 378 g/mol. The van der Waals surface area contributed by atoms with Crippen LogP contribution < -0.4 is 0 Å². The van der Waals surface area contributed by atoms with E-state index in [1.807, 2.05) is 6.08 Å². The molecule has 1 aromatic carbocycles. The third-order valence-electron chi connectivity index (χ3n) is 5.31. The van der Waals surface area contributed by atoms with E-state index in [2.05, 4.69) is 51.1 Å². The van der Waals surface area contributed by atoms with E-state index in [0.29, 0.717) is 12.8 Å². The van der Waals surface area contributed by atoms with E-state index in [1.54, 1.807) is 0 Å². The predicted octanol–water partition coefficient (Wildman–Crippen LogP) is 5.26. The molecule has 1 aliphatic carbocycles. The van der Waals surface area contributed by atoms with Gasteiger partial charge in [0.1, 0.15) is 0 Å². The van der Waals surface area contributed by atoms with Crippen molar-refractivity contribution in [1.29, 1.82) is 0 Å². The summed E-state index contributed by atoms with van der Waals surface area (Å²) in [6.07, 6.45) is 6.76. The largest absolute Gasteiger partial charge is 0.481 e. The van der Waals surface area contributed by atoms with Gasteiger partial charge in [0.2, 0.25) is 0 Å². The Morgan fingerprint density at radius 1 is 1.23 bits per heavy atom. The van der Waals surface area contributed by atoms with E-state index >= 15 is 0 Å². The standard InChI is InChI=1S/C22H31ClO3/c1-22(2,3)16-12-10-15(11-13-16)21-17(18(23)14-19(21)24)8-6-4-5-7-9-20(25)26/h4,6,10-13,17-19,21,24H,5,7-9,14H2,1-3H3,(H,25,26)/b6-4-/t17-,18-,19+,21+/m0/s1. The first-order valence-corrected chi connectivity index (χ1v) is 9.93. The summed E-state index contributed by atoms with van der Waals surface area (Å²) in [7, 11) is 0. The van der Waals surface area contributed by atoms with E-state index in [4.69, 9.17) is 16.7 Å². The van der Waals surface area contributed by atoms with Crippen molar-refractivity contribution in [2.75, 3.05) is 0 Å². The molecule has 3 nitrogen and oxygen atoms in total. The molecule has 0 unspecified atom stereocenters.